The number of nitrogens with one attached hydrogen (secondary N) is 1. The van der Waals surface area contributed by atoms with Gasteiger partial charge in [-0.2, -0.15) is 0 Å². The van der Waals surface area contributed by atoms with Crippen LogP contribution < -0.4 is 10.5 Å². The Morgan fingerprint density at radius 2 is 1.83 bits per heavy atom. The van der Waals surface area contributed by atoms with E-state index in [1.807, 2.05) is 0 Å². The normalized spacial score (nSPS) is 12.2. The molecule has 1 aromatic rings. The highest BCUT2D eigenvalue weighted by molar-refractivity contribution is 7.89. The summed E-state index contributed by atoms with van der Waals surface area (Å²) in [7, 11) is -4.05. The van der Waals surface area contributed by atoms with E-state index in [-0.39, 0.29) is 16.3 Å². The predicted molar refractivity (Wildman–Crippen MR) is 89.9 cm³/mol. The van der Waals surface area contributed by atoms with Crippen molar-refractivity contribution in [1.82, 2.24) is 4.90 Å². The van der Waals surface area contributed by atoms with E-state index in [9.17, 15) is 18.5 Å². The lowest BCUT2D eigenvalue weighted by Crippen LogP contribution is -2.40. The average molecular weight is 344 g/mol. The third-order valence-electron chi connectivity index (χ3n) is 3.49. The van der Waals surface area contributed by atoms with Gasteiger partial charge in [0.05, 0.1) is 10.6 Å². The Morgan fingerprint density at radius 3 is 2.26 bits per heavy atom. The molecule has 0 heterocycles. The summed E-state index contributed by atoms with van der Waals surface area (Å²) in [5.41, 5.74) is -0.0453. The van der Waals surface area contributed by atoms with Gasteiger partial charge >= 0.3 is 0 Å². The third-order valence-corrected chi connectivity index (χ3v) is 4.45. The van der Waals surface area contributed by atoms with Crippen LogP contribution in [0, 0.1) is 10.1 Å². The molecule has 0 saturated carbocycles. The Morgan fingerprint density at radius 1 is 1.26 bits per heavy atom. The zero-order chi connectivity index (χ0) is 17.8. The molecule has 0 aliphatic carbocycles. The van der Waals surface area contributed by atoms with Crippen LogP contribution in [0.5, 0.6) is 0 Å². The van der Waals surface area contributed by atoms with Gasteiger partial charge < -0.3 is 5.32 Å². The standard InChI is InChI=1S/C14H24N4O4S/c1-10(2)17(11(3)4)8-7-16-13-6-5-12(18(19)20)9-14(13)23(15,21)22/h5-6,9-11,16H,7-8H2,1-4H3,(H2,15,21,22). The number of nitrogens with two attached hydrogens (primary N) is 1. The predicted octanol–water partition coefficient (Wildman–Crippen LogP) is 1.77. The van der Waals surface area contributed by atoms with Crippen LogP contribution in [-0.4, -0.2) is 43.4 Å². The highest BCUT2D eigenvalue weighted by atomic mass is 32.2. The lowest BCUT2D eigenvalue weighted by atomic mass is 10.2. The van der Waals surface area contributed by atoms with Crippen molar-refractivity contribution in [3.63, 3.8) is 0 Å². The Bertz CT molecular complexity index is 651. The fraction of sp³-hybridized carbons (Fsp3) is 0.571. The highest BCUT2D eigenvalue weighted by Gasteiger charge is 2.19. The molecule has 0 saturated heterocycles. The van der Waals surface area contributed by atoms with Gasteiger partial charge in [0, 0.05) is 37.3 Å². The van der Waals surface area contributed by atoms with E-state index in [1.54, 1.807) is 0 Å². The summed E-state index contributed by atoms with van der Waals surface area (Å²) >= 11 is 0. The Balaban J connectivity index is 2.94. The lowest BCUT2D eigenvalue weighted by molar-refractivity contribution is -0.385. The van der Waals surface area contributed by atoms with Gasteiger partial charge in [0.2, 0.25) is 10.0 Å². The van der Waals surface area contributed by atoms with E-state index in [0.29, 0.717) is 25.2 Å². The summed E-state index contributed by atoms with van der Waals surface area (Å²) in [5.74, 6) is 0. The van der Waals surface area contributed by atoms with Crippen molar-refractivity contribution >= 4 is 21.4 Å². The van der Waals surface area contributed by atoms with Gasteiger partial charge in [0.1, 0.15) is 4.90 Å². The van der Waals surface area contributed by atoms with Gasteiger partial charge in [0.15, 0.2) is 0 Å². The van der Waals surface area contributed by atoms with E-state index < -0.39 is 14.9 Å². The molecule has 0 aliphatic heterocycles. The first-order valence-corrected chi connectivity index (χ1v) is 8.89. The van der Waals surface area contributed by atoms with Crippen molar-refractivity contribution in [3.8, 4) is 0 Å². The first kappa shape index (κ1) is 19.3. The molecule has 0 radical (unpaired) electrons. The molecule has 0 amide bonds. The minimum atomic E-state index is -4.05. The van der Waals surface area contributed by atoms with Crippen molar-refractivity contribution < 1.29 is 13.3 Å². The second-order valence-electron chi connectivity index (χ2n) is 5.83. The molecule has 0 bridgehead atoms. The lowest BCUT2D eigenvalue weighted by Gasteiger charge is -2.30. The molecule has 1 aromatic carbocycles. The molecular formula is C14H24N4O4S. The van der Waals surface area contributed by atoms with Crippen LogP contribution in [0.1, 0.15) is 27.7 Å². The van der Waals surface area contributed by atoms with Crippen LogP contribution >= 0.6 is 0 Å². The summed E-state index contributed by atoms with van der Waals surface area (Å²) in [6.07, 6.45) is 0. The zero-order valence-electron chi connectivity index (χ0n) is 13.8. The van der Waals surface area contributed by atoms with Gasteiger partial charge in [-0.3, -0.25) is 15.0 Å². The minimum absolute atomic E-state index is 0.269. The Labute approximate surface area is 136 Å². The van der Waals surface area contributed by atoms with E-state index >= 15 is 0 Å². The third kappa shape index (κ3) is 5.45. The first-order chi connectivity index (χ1) is 10.5. The molecule has 9 heteroatoms. The van der Waals surface area contributed by atoms with Crippen molar-refractivity contribution in [3.05, 3.63) is 28.3 Å². The van der Waals surface area contributed by atoms with Gasteiger partial charge in [-0.05, 0) is 33.8 Å². The molecule has 3 N–H and O–H groups in total. The molecular weight excluding hydrogens is 320 g/mol. The van der Waals surface area contributed by atoms with E-state index in [4.69, 9.17) is 5.14 Å². The Kier molecular flexibility index (Phi) is 6.48. The number of hydrogen-bond acceptors (Lipinski definition) is 6. The number of non-ortho nitro benzene ring substituents is 1. The Hall–Kier alpha value is -1.71. The van der Waals surface area contributed by atoms with Gasteiger partial charge in [-0.25, -0.2) is 13.6 Å². The molecule has 0 aliphatic rings. The monoisotopic (exact) mass is 344 g/mol. The highest BCUT2D eigenvalue weighted by Crippen LogP contribution is 2.25. The number of benzene rings is 1. The van der Waals surface area contributed by atoms with Crippen LogP contribution in [-0.2, 0) is 10.0 Å². The van der Waals surface area contributed by atoms with Crippen LogP contribution in [0.25, 0.3) is 0 Å². The smallest absolute Gasteiger partial charge is 0.270 e. The number of anilines is 1. The summed E-state index contributed by atoms with van der Waals surface area (Å²) in [4.78, 5) is 12.1. The number of hydrogen-bond donors (Lipinski definition) is 2. The van der Waals surface area contributed by atoms with Gasteiger partial charge in [-0.1, -0.05) is 0 Å². The number of sulfonamides is 1. The van der Waals surface area contributed by atoms with E-state index in [2.05, 4.69) is 37.9 Å². The summed E-state index contributed by atoms with van der Waals surface area (Å²) in [6, 6.07) is 4.30. The first-order valence-electron chi connectivity index (χ1n) is 7.35. The van der Waals surface area contributed by atoms with Crippen LogP contribution in [0.15, 0.2) is 23.1 Å². The number of nitro groups is 1. The van der Waals surface area contributed by atoms with Crippen molar-refractivity contribution in [2.24, 2.45) is 5.14 Å². The van der Waals surface area contributed by atoms with Crippen LogP contribution in [0.3, 0.4) is 0 Å². The molecule has 130 valence electrons. The number of nitro benzene ring substituents is 1. The minimum Gasteiger partial charge on any atom is -0.383 e. The molecule has 8 nitrogen and oxygen atoms in total. The SMILES string of the molecule is CC(C)N(CCNc1ccc([N+](=O)[O-])cc1S(N)(=O)=O)C(C)C. The maximum atomic E-state index is 11.6. The fourth-order valence-corrected chi connectivity index (χ4v) is 3.17. The number of rotatable bonds is 8. The van der Waals surface area contributed by atoms with Gasteiger partial charge in [-0.15, -0.1) is 0 Å². The molecule has 0 aromatic heterocycles. The topological polar surface area (TPSA) is 119 Å². The molecule has 0 atom stereocenters. The second kappa shape index (κ2) is 7.71. The zero-order valence-corrected chi connectivity index (χ0v) is 14.6. The number of primary sulfonamides is 1. The quantitative estimate of drug-likeness (QED) is 0.548. The largest absolute Gasteiger partial charge is 0.383 e. The maximum Gasteiger partial charge on any atom is 0.270 e. The van der Waals surface area contributed by atoms with Crippen molar-refractivity contribution in [2.75, 3.05) is 18.4 Å². The van der Waals surface area contributed by atoms with Crippen molar-refractivity contribution in [2.45, 2.75) is 44.7 Å². The van der Waals surface area contributed by atoms with E-state index in [1.165, 1.54) is 12.1 Å². The summed E-state index contributed by atoms with van der Waals surface area (Å²) in [6.45, 7) is 9.54. The second-order valence-corrected chi connectivity index (χ2v) is 7.36. The molecule has 23 heavy (non-hydrogen) atoms. The van der Waals surface area contributed by atoms with Crippen molar-refractivity contribution in [1.29, 1.82) is 0 Å². The summed E-state index contributed by atoms with van der Waals surface area (Å²) < 4.78 is 23.3. The van der Waals surface area contributed by atoms with Crippen LogP contribution in [0.2, 0.25) is 0 Å². The maximum absolute atomic E-state index is 11.6. The molecule has 0 spiro atoms. The van der Waals surface area contributed by atoms with Crippen LogP contribution in [0.4, 0.5) is 11.4 Å². The molecule has 0 fully saturated rings. The fourth-order valence-electron chi connectivity index (χ4n) is 2.44. The van der Waals surface area contributed by atoms with E-state index in [0.717, 1.165) is 6.07 Å². The molecule has 0 unspecified atom stereocenters. The average Bonchev–Trinajstić information content (AvgIpc) is 2.41. The molecule has 1 rings (SSSR count). The van der Waals surface area contributed by atoms with Gasteiger partial charge in [0.25, 0.3) is 5.69 Å². The number of nitrogens with zero attached hydrogens (tertiary/aromatic N) is 2. The summed E-state index contributed by atoms with van der Waals surface area (Å²) in [5, 5.41) is 18.9.